The fourth-order valence-corrected chi connectivity index (χ4v) is 2.78. The number of anilines is 2. The molecule has 0 atom stereocenters. The minimum Gasteiger partial charge on any atom is -0.336 e. The van der Waals surface area contributed by atoms with E-state index < -0.39 is 0 Å². The monoisotopic (exact) mass is 302 g/mol. The Kier molecular flexibility index (Phi) is 3.57. The molecule has 1 aliphatic heterocycles. The van der Waals surface area contributed by atoms with Crippen LogP contribution in [0.5, 0.6) is 0 Å². The van der Waals surface area contributed by atoms with Gasteiger partial charge >= 0.3 is 6.03 Å². The molecule has 1 aliphatic rings. The number of thiazole rings is 1. The summed E-state index contributed by atoms with van der Waals surface area (Å²) in [7, 11) is 0. The molecule has 0 aliphatic carbocycles. The number of aromatic nitrogens is 1. The van der Waals surface area contributed by atoms with Gasteiger partial charge in [0.2, 0.25) is 0 Å². The van der Waals surface area contributed by atoms with Gasteiger partial charge in [-0.2, -0.15) is 0 Å². The van der Waals surface area contributed by atoms with E-state index in [1.54, 1.807) is 34.7 Å². The van der Waals surface area contributed by atoms with E-state index in [0.717, 1.165) is 11.3 Å². The smallest absolute Gasteiger partial charge is 0.322 e. The van der Waals surface area contributed by atoms with Gasteiger partial charge < -0.3 is 5.32 Å². The first-order valence-corrected chi connectivity index (χ1v) is 7.40. The first-order chi connectivity index (χ1) is 10.1. The van der Waals surface area contributed by atoms with Crippen LogP contribution in [0.1, 0.15) is 15.9 Å². The fraction of sp³-hybridized carbons (Fsp3) is 0.214. The number of carbonyl (C=O) groups is 2. The molecule has 0 saturated carbocycles. The minimum absolute atomic E-state index is 0.0990. The van der Waals surface area contributed by atoms with E-state index in [1.165, 1.54) is 11.3 Å². The molecular formula is C14H14N4O2S. The second kappa shape index (κ2) is 5.53. The van der Waals surface area contributed by atoms with E-state index in [9.17, 15) is 9.59 Å². The summed E-state index contributed by atoms with van der Waals surface area (Å²) in [6.45, 7) is 3.18. The van der Waals surface area contributed by atoms with Gasteiger partial charge in [-0.1, -0.05) is 0 Å². The maximum atomic E-state index is 12.1. The molecule has 2 N–H and O–H groups in total. The van der Waals surface area contributed by atoms with Crippen molar-refractivity contribution < 1.29 is 9.59 Å². The molecule has 2 heterocycles. The Morgan fingerprint density at radius 1 is 1.48 bits per heavy atom. The molecule has 108 valence electrons. The lowest BCUT2D eigenvalue weighted by molar-refractivity contribution is 0.102. The number of urea groups is 1. The summed E-state index contributed by atoms with van der Waals surface area (Å²) in [5, 5.41) is 7.87. The molecule has 1 aromatic heterocycles. The third-order valence-electron chi connectivity index (χ3n) is 3.26. The molecule has 0 bridgehead atoms. The quantitative estimate of drug-likeness (QED) is 0.913. The molecule has 0 unspecified atom stereocenters. The van der Waals surface area contributed by atoms with Gasteiger partial charge in [-0.3, -0.25) is 15.0 Å². The predicted octanol–water partition coefficient (Wildman–Crippen LogP) is 2.23. The van der Waals surface area contributed by atoms with E-state index in [4.69, 9.17) is 0 Å². The molecule has 1 saturated heterocycles. The van der Waals surface area contributed by atoms with E-state index >= 15 is 0 Å². The lowest BCUT2D eigenvalue weighted by Gasteiger charge is -2.17. The molecule has 3 amide bonds. The Balaban J connectivity index is 1.80. The van der Waals surface area contributed by atoms with Crippen LogP contribution in [-0.4, -0.2) is 30.0 Å². The van der Waals surface area contributed by atoms with Gasteiger partial charge in [-0.25, -0.2) is 9.78 Å². The van der Waals surface area contributed by atoms with Crippen LogP contribution in [0.4, 0.5) is 15.6 Å². The maximum absolute atomic E-state index is 12.1. The van der Waals surface area contributed by atoms with Crippen LogP contribution in [0.3, 0.4) is 0 Å². The zero-order valence-corrected chi connectivity index (χ0v) is 12.2. The lowest BCUT2D eigenvalue weighted by Crippen LogP contribution is -2.28. The van der Waals surface area contributed by atoms with Gasteiger partial charge in [0.05, 0.1) is 0 Å². The third-order valence-corrected chi connectivity index (χ3v) is 3.95. The minimum atomic E-state index is -0.203. The van der Waals surface area contributed by atoms with Crippen molar-refractivity contribution in [2.24, 2.45) is 0 Å². The average molecular weight is 302 g/mol. The van der Waals surface area contributed by atoms with Crippen LogP contribution in [0.15, 0.2) is 29.8 Å². The molecule has 6 nitrogen and oxygen atoms in total. The van der Waals surface area contributed by atoms with Crippen LogP contribution >= 0.6 is 11.3 Å². The van der Waals surface area contributed by atoms with Crippen LogP contribution in [0, 0.1) is 6.92 Å². The Morgan fingerprint density at radius 3 is 2.95 bits per heavy atom. The zero-order chi connectivity index (χ0) is 14.8. The molecule has 1 aromatic carbocycles. The summed E-state index contributed by atoms with van der Waals surface area (Å²) in [5.74, 6) is -0.203. The first kappa shape index (κ1) is 13.6. The summed E-state index contributed by atoms with van der Waals surface area (Å²) in [5.41, 5.74) is 2.26. The first-order valence-electron chi connectivity index (χ1n) is 6.52. The van der Waals surface area contributed by atoms with E-state index in [1.807, 2.05) is 6.92 Å². The lowest BCUT2D eigenvalue weighted by atomic mass is 10.1. The second-order valence-corrected chi connectivity index (χ2v) is 5.57. The second-order valence-electron chi connectivity index (χ2n) is 4.68. The van der Waals surface area contributed by atoms with Crippen molar-refractivity contribution in [1.82, 2.24) is 10.3 Å². The van der Waals surface area contributed by atoms with Crippen molar-refractivity contribution >= 4 is 34.1 Å². The van der Waals surface area contributed by atoms with Crippen LogP contribution in [-0.2, 0) is 0 Å². The largest absolute Gasteiger partial charge is 0.336 e. The van der Waals surface area contributed by atoms with Crippen molar-refractivity contribution in [3.63, 3.8) is 0 Å². The molecule has 3 rings (SSSR count). The van der Waals surface area contributed by atoms with Crippen LogP contribution in [0.2, 0.25) is 0 Å². The van der Waals surface area contributed by atoms with Crippen molar-refractivity contribution in [2.75, 3.05) is 23.3 Å². The van der Waals surface area contributed by atoms with E-state index in [-0.39, 0.29) is 11.9 Å². The average Bonchev–Trinajstić information content (AvgIpc) is 3.10. The Hall–Kier alpha value is -2.41. The molecule has 0 spiro atoms. The summed E-state index contributed by atoms with van der Waals surface area (Å²) in [6, 6.07) is 5.20. The highest BCUT2D eigenvalue weighted by Crippen LogP contribution is 2.23. The normalized spacial score (nSPS) is 14.1. The van der Waals surface area contributed by atoms with E-state index in [0.29, 0.717) is 23.8 Å². The highest BCUT2D eigenvalue weighted by molar-refractivity contribution is 7.13. The molecule has 7 heteroatoms. The van der Waals surface area contributed by atoms with Gasteiger partial charge in [0, 0.05) is 35.9 Å². The number of rotatable bonds is 3. The standard InChI is InChI=1S/C14H14N4O2S/c1-9-8-10(12(19)17-13-15-5-7-21-13)2-3-11(9)18-6-4-16-14(18)20/h2-3,5,7-8H,4,6H2,1H3,(H,16,20)(H,15,17,19). The summed E-state index contributed by atoms with van der Waals surface area (Å²) >= 11 is 1.37. The number of nitrogens with zero attached hydrogens (tertiary/aromatic N) is 2. The zero-order valence-electron chi connectivity index (χ0n) is 11.4. The summed E-state index contributed by atoms with van der Waals surface area (Å²) in [4.78, 5) is 29.5. The predicted molar refractivity (Wildman–Crippen MR) is 82.0 cm³/mol. The van der Waals surface area contributed by atoms with Gasteiger partial charge in [-0.15, -0.1) is 11.3 Å². The molecular weight excluding hydrogens is 288 g/mol. The highest BCUT2D eigenvalue weighted by Gasteiger charge is 2.23. The van der Waals surface area contributed by atoms with Crippen LogP contribution in [0.25, 0.3) is 0 Å². The Morgan fingerprint density at radius 2 is 2.33 bits per heavy atom. The van der Waals surface area contributed by atoms with Gasteiger partial charge in [0.1, 0.15) is 0 Å². The number of carbonyl (C=O) groups excluding carboxylic acids is 2. The molecule has 1 fully saturated rings. The third kappa shape index (κ3) is 2.73. The van der Waals surface area contributed by atoms with Crippen molar-refractivity contribution in [2.45, 2.75) is 6.92 Å². The summed E-state index contributed by atoms with van der Waals surface area (Å²) in [6.07, 6.45) is 1.64. The Bertz CT molecular complexity index is 684. The number of hydrogen-bond acceptors (Lipinski definition) is 4. The van der Waals surface area contributed by atoms with Crippen LogP contribution < -0.4 is 15.5 Å². The Labute approximate surface area is 125 Å². The van der Waals surface area contributed by atoms with Crippen molar-refractivity contribution in [3.05, 3.63) is 40.9 Å². The fourth-order valence-electron chi connectivity index (χ4n) is 2.26. The number of amides is 3. The molecule has 0 radical (unpaired) electrons. The SMILES string of the molecule is Cc1cc(C(=O)Nc2nccs2)ccc1N1CCNC1=O. The summed E-state index contributed by atoms with van der Waals surface area (Å²) < 4.78 is 0. The number of hydrogen-bond donors (Lipinski definition) is 2. The van der Waals surface area contributed by atoms with Gasteiger partial charge in [0.25, 0.3) is 5.91 Å². The number of benzene rings is 1. The number of aryl methyl sites for hydroxylation is 1. The molecule has 21 heavy (non-hydrogen) atoms. The maximum Gasteiger partial charge on any atom is 0.322 e. The van der Waals surface area contributed by atoms with Crippen molar-refractivity contribution in [1.29, 1.82) is 0 Å². The topological polar surface area (TPSA) is 74.3 Å². The van der Waals surface area contributed by atoms with Gasteiger partial charge in [-0.05, 0) is 30.7 Å². The number of nitrogens with one attached hydrogen (secondary N) is 2. The van der Waals surface area contributed by atoms with E-state index in [2.05, 4.69) is 15.6 Å². The van der Waals surface area contributed by atoms with Crippen molar-refractivity contribution in [3.8, 4) is 0 Å². The highest BCUT2D eigenvalue weighted by atomic mass is 32.1. The van der Waals surface area contributed by atoms with Gasteiger partial charge in [0.15, 0.2) is 5.13 Å². The molecule has 2 aromatic rings.